The van der Waals surface area contributed by atoms with Gasteiger partial charge in [0.1, 0.15) is 19.2 Å². The molecule has 0 saturated carbocycles. The van der Waals surface area contributed by atoms with Crippen molar-refractivity contribution in [1.29, 1.82) is 0 Å². The van der Waals surface area contributed by atoms with Crippen molar-refractivity contribution in [3.63, 3.8) is 0 Å². The summed E-state index contributed by atoms with van der Waals surface area (Å²) in [6.07, 6.45) is 3.92. The summed E-state index contributed by atoms with van der Waals surface area (Å²) in [5.74, 6) is 1.00. The van der Waals surface area contributed by atoms with Crippen LogP contribution in [0.4, 0.5) is 0 Å². The third-order valence-corrected chi connectivity index (χ3v) is 5.36. The number of hydrogen-bond acceptors (Lipinski definition) is 4. The Morgan fingerprint density at radius 1 is 1.36 bits per heavy atom. The first kappa shape index (κ1) is 15.4. The van der Waals surface area contributed by atoms with Crippen LogP contribution in [0.2, 0.25) is 5.02 Å². The van der Waals surface area contributed by atoms with Gasteiger partial charge in [-0.15, -0.1) is 0 Å². The number of hydrogen-bond donors (Lipinski definition) is 0. The molecule has 2 heterocycles. The van der Waals surface area contributed by atoms with Crippen molar-refractivity contribution in [3.05, 3.63) is 47.5 Å². The standard InChI is InChI=1S/C15H17ClN4OS/c16-13-4-2-1-3-12(13)14-5-6-19(7-8-22-14)15(21)9-20-11-17-10-18-20/h1-4,10-11,14H,5-9H2/t14-/m0/s1. The fraction of sp³-hybridized carbons (Fsp3) is 0.400. The normalized spacial score (nSPS) is 19.0. The maximum atomic E-state index is 12.3. The van der Waals surface area contributed by atoms with Crippen LogP contribution in [0, 0.1) is 0 Å². The highest BCUT2D eigenvalue weighted by molar-refractivity contribution is 7.99. The Labute approximate surface area is 138 Å². The van der Waals surface area contributed by atoms with E-state index in [-0.39, 0.29) is 12.5 Å². The molecule has 1 atom stereocenters. The van der Waals surface area contributed by atoms with E-state index in [1.165, 1.54) is 11.9 Å². The second-order valence-electron chi connectivity index (χ2n) is 5.14. The largest absolute Gasteiger partial charge is 0.340 e. The molecule has 1 aliphatic rings. The quantitative estimate of drug-likeness (QED) is 0.864. The Kier molecular flexibility index (Phi) is 5.00. The van der Waals surface area contributed by atoms with Gasteiger partial charge in [-0.2, -0.15) is 16.9 Å². The third kappa shape index (κ3) is 3.62. The van der Waals surface area contributed by atoms with Gasteiger partial charge in [0, 0.05) is 29.1 Å². The molecule has 1 fully saturated rings. The predicted molar refractivity (Wildman–Crippen MR) is 87.9 cm³/mol. The smallest absolute Gasteiger partial charge is 0.244 e. The van der Waals surface area contributed by atoms with E-state index < -0.39 is 0 Å². The highest BCUT2D eigenvalue weighted by Gasteiger charge is 2.23. The first-order valence-electron chi connectivity index (χ1n) is 7.20. The van der Waals surface area contributed by atoms with Crippen molar-refractivity contribution < 1.29 is 4.79 Å². The lowest BCUT2D eigenvalue weighted by atomic mass is 10.1. The highest BCUT2D eigenvalue weighted by atomic mass is 35.5. The molecule has 1 aliphatic heterocycles. The van der Waals surface area contributed by atoms with Gasteiger partial charge < -0.3 is 4.90 Å². The summed E-state index contributed by atoms with van der Waals surface area (Å²) < 4.78 is 1.56. The van der Waals surface area contributed by atoms with Gasteiger partial charge in [0.15, 0.2) is 0 Å². The van der Waals surface area contributed by atoms with Crippen molar-refractivity contribution in [2.24, 2.45) is 0 Å². The summed E-state index contributed by atoms with van der Waals surface area (Å²) in [4.78, 5) is 18.1. The summed E-state index contributed by atoms with van der Waals surface area (Å²) in [7, 11) is 0. The summed E-state index contributed by atoms with van der Waals surface area (Å²) >= 11 is 8.16. The number of aromatic nitrogens is 3. The monoisotopic (exact) mass is 336 g/mol. The maximum absolute atomic E-state index is 12.3. The predicted octanol–water partition coefficient (Wildman–Crippen LogP) is 2.64. The number of rotatable bonds is 3. The third-order valence-electron chi connectivity index (χ3n) is 3.71. The lowest BCUT2D eigenvalue weighted by Crippen LogP contribution is -2.35. The first-order chi connectivity index (χ1) is 10.7. The van der Waals surface area contributed by atoms with Crippen LogP contribution in [-0.2, 0) is 11.3 Å². The van der Waals surface area contributed by atoms with Gasteiger partial charge >= 0.3 is 0 Å². The lowest BCUT2D eigenvalue weighted by Gasteiger charge is -2.20. The molecule has 116 valence electrons. The van der Waals surface area contributed by atoms with Crippen molar-refractivity contribution in [2.45, 2.75) is 18.2 Å². The van der Waals surface area contributed by atoms with Crippen molar-refractivity contribution in [1.82, 2.24) is 19.7 Å². The molecule has 3 rings (SSSR count). The van der Waals surface area contributed by atoms with Gasteiger partial charge in [0.25, 0.3) is 0 Å². The Balaban J connectivity index is 1.62. The van der Waals surface area contributed by atoms with Gasteiger partial charge in [-0.3, -0.25) is 4.79 Å². The number of thioether (sulfide) groups is 1. The molecule has 22 heavy (non-hydrogen) atoms. The van der Waals surface area contributed by atoms with Crippen LogP contribution < -0.4 is 0 Å². The van der Waals surface area contributed by atoms with Crippen LogP contribution in [-0.4, -0.2) is 44.4 Å². The molecular formula is C15H17ClN4OS. The zero-order valence-electron chi connectivity index (χ0n) is 12.1. The lowest BCUT2D eigenvalue weighted by molar-refractivity contribution is -0.131. The molecule has 7 heteroatoms. The van der Waals surface area contributed by atoms with E-state index in [0.29, 0.717) is 5.25 Å². The molecule has 2 aromatic rings. The fourth-order valence-electron chi connectivity index (χ4n) is 2.56. The average Bonchev–Trinajstić information content (AvgIpc) is 2.90. The van der Waals surface area contributed by atoms with Crippen LogP contribution in [0.1, 0.15) is 17.2 Å². The van der Waals surface area contributed by atoms with E-state index in [9.17, 15) is 4.79 Å². The summed E-state index contributed by atoms with van der Waals surface area (Å²) in [5, 5.41) is 5.14. The molecule has 1 aromatic heterocycles. The highest BCUT2D eigenvalue weighted by Crippen LogP contribution is 2.37. The summed E-state index contributed by atoms with van der Waals surface area (Å²) in [6, 6.07) is 7.96. The molecule has 0 N–H and O–H groups in total. The molecule has 1 saturated heterocycles. The Hall–Kier alpha value is -1.53. The Morgan fingerprint density at radius 2 is 2.23 bits per heavy atom. The molecule has 0 unspecified atom stereocenters. The van der Waals surface area contributed by atoms with Crippen LogP contribution in [0.25, 0.3) is 0 Å². The molecule has 0 bridgehead atoms. The van der Waals surface area contributed by atoms with Crippen LogP contribution in [0.5, 0.6) is 0 Å². The SMILES string of the molecule is O=C(Cn1cncn1)N1CCS[C@H](c2ccccc2Cl)CC1. The minimum absolute atomic E-state index is 0.0888. The zero-order valence-corrected chi connectivity index (χ0v) is 13.6. The molecule has 0 aliphatic carbocycles. The van der Waals surface area contributed by atoms with Gasteiger partial charge in [0.05, 0.1) is 0 Å². The average molecular weight is 337 g/mol. The first-order valence-corrected chi connectivity index (χ1v) is 8.63. The van der Waals surface area contributed by atoms with Crippen LogP contribution >= 0.6 is 23.4 Å². The van der Waals surface area contributed by atoms with E-state index in [2.05, 4.69) is 16.1 Å². The molecule has 0 spiro atoms. The molecule has 1 amide bonds. The number of halogens is 1. The van der Waals surface area contributed by atoms with Crippen molar-refractivity contribution in [3.8, 4) is 0 Å². The number of carbonyl (C=O) groups is 1. The minimum atomic E-state index is 0.0888. The number of carbonyl (C=O) groups excluding carboxylic acids is 1. The molecule has 0 radical (unpaired) electrons. The summed E-state index contributed by atoms with van der Waals surface area (Å²) in [5.41, 5.74) is 1.17. The number of amides is 1. The molecule has 1 aromatic carbocycles. The van der Waals surface area contributed by atoms with E-state index in [0.717, 1.165) is 30.3 Å². The van der Waals surface area contributed by atoms with Crippen LogP contribution in [0.3, 0.4) is 0 Å². The number of benzene rings is 1. The van der Waals surface area contributed by atoms with Crippen molar-refractivity contribution >= 4 is 29.3 Å². The van der Waals surface area contributed by atoms with E-state index in [1.54, 1.807) is 11.0 Å². The number of nitrogens with zero attached hydrogens (tertiary/aromatic N) is 4. The van der Waals surface area contributed by atoms with Gasteiger partial charge in [0.2, 0.25) is 5.91 Å². The van der Waals surface area contributed by atoms with Gasteiger partial charge in [-0.25, -0.2) is 9.67 Å². The second kappa shape index (κ2) is 7.15. The van der Waals surface area contributed by atoms with Crippen LogP contribution in [0.15, 0.2) is 36.9 Å². The topological polar surface area (TPSA) is 51.0 Å². The molecule has 5 nitrogen and oxygen atoms in total. The second-order valence-corrected chi connectivity index (χ2v) is 6.86. The van der Waals surface area contributed by atoms with E-state index in [1.807, 2.05) is 34.9 Å². The maximum Gasteiger partial charge on any atom is 0.244 e. The van der Waals surface area contributed by atoms with Gasteiger partial charge in [-0.05, 0) is 18.1 Å². The summed E-state index contributed by atoms with van der Waals surface area (Å²) in [6.45, 7) is 1.76. The fourth-order valence-corrected chi connectivity index (χ4v) is 4.16. The minimum Gasteiger partial charge on any atom is -0.340 e. The Morgan fingerprint density at radius 3 is 3.00 bits per heavy atom. The molecular weight excluding hydrogens is 320 g/mol. The Bertz CT molecular complexity index is 634. The van der Waals surface area contributed by atoms with E-state index >= 15 is 0 Å². The zero-order chi connectivity index (χ0) is 15.4. The van der Waals surface area contributed by atoms with Gasteiger partial charge in [-0.1, -0.05) is 29.8 Å². The van der Waals surface area contributed by atoms with Crippen molar-refractivity contribution in [2.75, 3.05) is 18.8 Å². The van der Waals surface area contributed by atoms with E-state index in [4.69, 9.17) is 11.6 Å².